The van der Waals surface area contributed by atoms with E-state index in [0.717, 1.165) is 31.4 Å². The van der Waals surface area contributed by atoms with Gasteiger partial charge in [0.2, 0.25) is 5.91 Å². The molecule has 0 radical (unpaired) electrons. The summed E-state index contributed by atoms with van der Waals surface area (Å²) in [6.07, 6.45) is 3.49. The van der Waals surface area contributed by atoms with Crippen LogP contribution in [0.15, 0.2) is 155 Å². The van der Waals surface area contributed by atoms with E-state index in [9.17, 15) is 14.4 Å². The maximum atomic E-state index is 13.7. The molecule has 232 valence electrons. The van der Waals surface area contributed by atoms with Gasteiger partial charge in [-0.3, -0.25) is 14.4 Å². The number of aromatic nitrogens is 1. The third-order valence-electron chi connectivity index (χ3n) is 7.22. The Hall–Kier alpha value is -5.38. The molecule has 7 nitrogen and oxygen atoms in total. The summed E-state index contributed by atoms with van der Waals surface area (Å²) in [6, 6.07) is 40.7. The minimum atomic E-state index is -0.570. The van der Waals surface area contributed by atoms with Gasteiger partial charge in [0.25, 0.3) is 11.8 Å². The molecule has 0 aliphatic carbocycles. The zero-order valence-electron chi connectivity index (χ0n) is 24.9. The van der Waals surface area contributed by atoms with Crippen LogP contribution in [0.4, 0.5) is 11.4 Å². The van der Waals surface area contributed by atoms with Crippen LogP contribution < -0.4 is 16.0 Å². The first-order chi connectivity index (χ1) is 22.9. The molecular formula is C38H29BrN4O3S. The van der Waals surface area contributed by atoms with E-state index >= 15 is 0 Å². The molecule has 1 aromatic heterocycles. The fraction of sp³-hybridized carbons (Fsp3) is 0.0263. The summed E-state index contributed by atoms with van der Waals surface area (Å²) in [5.41, 5.74) is 4.23. The van der Waals surface area contributed by atoms with Crippen molar-refractivity contribution >= 4 is 73.8 Å². The number of fused-ring (bicyclic) bond motifs is 1. The molecule has 0 aliphatic heterocycles. The number of hydrogen-bond donors (Lipinski definition) is 4. The molecule has 0 spiro atoms. The van der Waals surface area contributed by atoms with Crippen molar-refractivity contribution in [3.8, 4) is 0 Å². The zero-order chi connectivity index (χ0) is 32.6. The summed E-state index contributed by atoms with van der Waals surface area (Å²) >= 11 is 4.80. The van der Waals surface area contributed by atoms with Gasteiger partial charge in [0.05, 0.1) is 0 Å². The summed E-state index contributed by atoms with van der Waals surface area (Å²) in [7, 11) is 0. The third-order valence-corrected chi connectivity index (χ3v) is 9.00. The normalized spacial score (nSPS) is 11.9. The Kier molecular flexibility index (Phi) is 9.95. The van der Waals surface area contributed by atoms with Crippen LogP contribution in [0.1, 0.15) is 26.7 Å². The second kappa shape index (κ2) is 14.8. The Bertz CT molecular complexity index is 2060. The number of carbonyl (C=O) groups excluding carboxylic acids is 3. The number of rotatable bonds is 10. The van der Waals surface area contributed by atoms with Crippen molar-refractivity contribution in [1.29, 1.82) is 0 Å². The molecule has 47 heavy (non-hydrogen) atoms. The molecular weight excluding hydrogens is 672 g/mol. The van der Waals surface area contributed by atoms with Crippen molar-refractivity contribution in [2.75, 3.05) is 10.6 Å². The molecule has 6 aromatic rings. The number of nitrogens with one attached hydrogen (secondary N) is 4. The molecule has 6 rings (SSSR count). The van der Waals surface area contributed by atoms with E-state index in [0.29, 0.717) is 16.9 Å². The molecule has 9 heteroatoms. The number of amides is 3. The minimum Gasteiger partial charge on any atom is -0.361 e. The van der Waals surface area contributed by atoms with Gasteiger partial charge in [0.15, 0.2) is 0 Å². The lowest BCUT2D eigenvalue weighted by molar-refractivity contribution is -0.116. The van der Waals surface area contributed by atoms with Gasteiger partial charge >= 0.3 is 0 Å². The van der Waals surface area contributed by atoms with Crippen LogP contribution in [0.5, 0.6) is 0 Å². The lowest BCUT2D eigenvalue weighted by atomic mass is 10.1. The first-order valence-electron chi connectivity index (χ1n) is 14.8. The van der Waals surface area contributed by atoms with Crippen molar-refractivity contribution < 1.29 is 14.4 Å². The molecule has 3 amide bonds. The fourth-order valence-electron chi connectivity index (χ4n) is 4.88. The summed E-state index contributed by atoms with van der Waals surface area (Å²) in [6.45, 7) is 0. The van der Waals surface area contributed by atoms with Gasteiger partial charge in [-0.15, -0.1) is 11.8 Å². The van der Waals surface area contributed by atoms with Crippen molar-refractivity contribution in [1.82, 2.24) is 10.3 Å². The van der Waals surface area contributed by atoms with E-state index < -0.39 is 17.1 Å². The molecule has 0 fully saturated rings. The number of thioether (sulfide) groups is 1. The molecule has 0 aliphatic rings. The Morgan fingerprint density at radius 2 is 1.45 bits per heavy atom. The molecule has 1 atom stereocenters. The third kappa shape index (κ3) is 8.26. The standard InChI is InChI=1S/C38H29BrN4O3S/c39-29-17-14-25(15-18-29)22-34(43-36(44)28-10-5-2-6-11-28)37(45)41-30-12-7-13-32(23-30)47-35(27-8-3-1-4-9-27)38(46)42-31-19-16-26-20-21-40-33(26)24-31/h1-24,35,40H,(H,41,45)(H,42,46)(H,43,44)/b34-22-. The lowest BCUT2D eigenvalue weighted by Gasteiger charge is -2.18. The zero-order valence-corrected chi connectivity index (χ0v) is 27.3. The Balaban J connectivity index is 1.22. The van der Waals surface area contributed by atoms with E-state index in [1.165, 1.54) is 11.8 Å². The van der Waals surface area contributed by atoms with Gasteiger partial charge in [-0.2, -0.15) is 0 Å². The number of benzene rings is 5. The summed E-state index contributed by atoms with van der Waals surface area (Å²) in [5.74, 6) is -1.07. The Morgan fingerprint density at radius 3 is 2.21 bits per heavy atom. The average Bonchev–Trinajstić information content (AvgIpc) is 3.57. The van der Waals surface area contributed by atoms with Crippen LogP contribution in [0.25, 0.3) is 17.0 Å². The summed E-state index contributed by atoms with van der Waals surface area (Å²) in [5, 5.41) is 9.24. The highest BCUT2D eigenvalue weighted by molar-refractivity contribution is 9.10. The number of hydrogen-bond acceptors (Lipinski definition) is 4. The van der Waals surface area contributed by atoms with E-state index in [2.05, 4.69) is 36.9 Å². The maximum absolute atomic E-state index is 13.7. The van der Waals surface area contributed by atoms with Crippen molar-refractivity contribution in [2.24, 2.45) is 0 Å². The number of aromatic amines is 1. The minimum absolute atomic E-state index is 0.0832. The largest absolute Gasteiger partial charge is 0.361 e. The Morgan fingerprint density at radius 1 is 0.723 bits per heavy atom. The quantitative estimate of drug-likeness (QED) is 0.0847. The predicted octanol–water partition coefficient (Wildman–Crippen LogP) is 8.81. The van der Waals surface area contributed by atoms with E-state index in [1.807, 2.05) is 109 Å². The number of halogens is 1. The van der Waals surface area contributed by atoms with Gasteiger partial charge < -0.3 is 20.9 Å². The van der Waals surface area contributed by atoms with E-state index in [1.54, 1.807) is 36.4 Å². The maximum Gasteiger partial charge on any atom is 0.272 e. The predicted molar refractivity (Wildman–Crippen MR) is 193 cm³/mol. The SMILES string of the molecule is O=C(Nc1cccc(SC(C(=O)Nc2ccc3cc[nH]c3c2)c2ccccc2)c1)/C(=C/c1ccc(Br)cc1)NC(=O)c1ccccc1. The summed E-state index contributed by atoms with van der Waals surface area (Å²) in [4.78, 5) is 44.3. The monoisotopic (exact) mass is 700 g/mol. The molecule has 0 saturated heterocycles. The first kappa shape index (κ1) is 31.6. The van der Waals surface area contributed by atoms with Crippen LogP contribution >= 0.6 is 27.7 Å². The molecule has 4 N–H and O–H groups in total. The number of carbonyl (C=O) groups is 3. The smallest absolute Gasteiger partial charge is 0.272 e. The van der Waals surface area contributed by atoms with Crippen LogP contribution in [-0.4, -0.2) is 22.7 Å². The van der Waals surface area contributed by atoms with Crippen molar-refractivity contribution in [3.05, 3.63) is 167 Å². The van der Waals surface area contributed by atoms with Gasteiger partial charge in [-0.1, -0.05) is 88.7 Å². The summed E-state index contributed by atoms with van der Waals surface area (Å²) < 4.78 is 0.896. The highest BCUT2D eigenvalue weighted by atomic mass is 79.9. The van der Waals surface area contributed by atoms with Crippen molar-refractivity contribution in [2.45, 2.75) is 10.1 Å². The molecule has 1 heterocycles. The highest BCUT2D eigenvalue weighted by Crippen LogP contribution is 2.37. The highest BCUT2D eigenvalue weighted by Gasteiger charge is 2.23. The van der Waals surface area contributed by atoms with Crippen LogP contribution in [0, 0.1) is 0 Å². The van der Waals surface area contributed by atoms with Gasteiger partial charge in [-0.05, 0) is 83.3 Å². The topological polar surface area (TPSA) is 103 Å². The number of anilines is 2. The van der Waals surface area contributed by atoms with Gasteiger partial charge in [0.1, 0.15) is 10.9 Å². The van der Waals surface area contributed by atoms with Gasteiger partial charge in [-0.25, -0.2) is 0 Å². The fourth-order valence-corrected chi connectivity index (χ4v) is 6.23. The van der Waals surface area contributed by atoms with E-state index in [4.69, 9.17) is 0 Å². The Labute approximate surface area is 284 Å². The van der Waals surface area contributed by atoms with Gasteiger partial charge in [0, 0.05) is 38.0 Å². The molecule has 0 bridgehead atoms. The second-order valence-corrected chi connectivity index (χ2v) is 12.7. The lowest BCUT2D eigenvalue weighted by Crippen LogP contribution is -2.30. The second-order valence-electron chi connectivity index (χ2n) is 10.6. The van der Waals surface area contributed by atoms with Crippen LogP contribution in [0.3, 0.4) is 0 Å². The molecule has 5 aromatic carbocycles. The molecule has 1 unspecified atom stereocenters. The number of H-pyrrole nitrogens is 1. The van der Waals surface area contributed by atoms with Crippen LogP contribution in [0.2, 0.25) is 0 Å². The molecule has 0 saturated carbocycles. The van der Waals surface area contributed by atoms with Crippen molar-refractivity contribution in [3.63, 3.8) is 0 Å². The van der Waals surface area contributed by atoms with E-state index in [-0.39, 0.29) is 11.6 Å². The average molecular weight is 702 g/mol. The first-order valence-corrected chi connectivity index (χ1v) is 16.4. The van der Waals surface area contributed by atoms with Crippen LogP contribution in [-0.2, 0) is 9.59 Å².